The fourth-order valence-electron chi connectivity index (χ4n) is 5.07. The Morgan fingerprint density at radius 3 is 2.55 bits per heavy atom. The smallest absolute Gasteiger partial charge is 0.268 e. The molecule has 2 atom stereocenters. The highest BCUT2D eigenvalue weighted by Gasteiger charge is 2.48. The lowest BCUT2D eigenvalue weighted by atomic mass is 9.81. The molecule has 0 saturated carbocycles. The molecule has 6 nitrogen and oxygen atoms in total. The van der Waals surface area contributed by atoms with E-state index < -0.39 is 15.6 Å². The quantitative estimate of drug-likeness (QED) is 0.679. The average molecular weight is 439 g/mol. The Hall–Kier alpha value is -2.48. The second-order valence-electron chi connectivity index (χ2n) is 8.71. The van der Waals surface area contributed by atoms with Gasteiger partial charge in [0, 0.05) is 24.9 Å². The van der Waals surface area contributed by atoms with Crippen molar-refractivity contribution < 1.29 is 18.3 Å². The number of fused-ring (bicyclic) bond motifs is 5. The van der Waals surface area contributed by atoms with Crippen LogP contribution in [-0.2, 0) is 21.2 Å². The van der Waals surface area contributed by atoms with Crippen LogP contribution in [0.4, 0.5) is 0 Å². The summed E-state index contributed by atoms with van der Waals surface area (Å²) < 4.78 is 29.1. The van der Waals surface area contributed by atoms with Gasteiger partial charge in [0.1, 0.15) is 5.60 Å². The van der Waals surface area contributed by atoms with Crippen molar-refractivity contribution in [1.29, 1.82) is 0 Å². The summed E-state index contributed by atoms with van der Waals surface area (Å²) >= 11 is 0. The number of benzene rings is 2. The maximum atomic E-state index is 13.8. The van der Waals surface area contributed by atoms with Gasteiger partial charge in [0.2, 0.25) is 0 Å². The van der Waals surface area contributed by atoms with Crippen LogP contribution in [0.5, 0.6) is 0 Å². The largest absolute Gasteiger partial charge is 0.381 e. The molecule has 0 amide bonds. The second-order valence-corrected chi connectivity index (χ2v) is 10.5. The van der Waals surface area contributed by atoms with Gasteiger partial charge in [-0.2, -0.15) is 0 Å². The Kier molecular flexibility index (Phi) is 4.62. The number of carbonyl (C=O) groups is 1. The summed E-state index contributed by atoms with van der Waals surface area (Å²) in [6.45, 7) is 4.65. The number of piperidine rings is 1. The molecule has 1 fully saturated rings. The number of para-hydroxylation sites is 1. The van der Waals surface area contributed by atoms with E-state index in [4.69, 9.17) is 0 Å². The van der Waals surface area contributed by atoms with E-state index >= 15 is 0 Å². The number of hydrogen-bond acceptors (Lipinski definition) is 5. The highest BCUT2D eigenvalue weighted by atomic mass is 32.2. The van der Waals surface area contributed by atoms with Gasteiger partial charge >= 0.3 is 0 Å². The minimum absolute atomic E-state index is 0.108. The van der Waals surface area contributed by atoms with Crippen molar-refractivity contribution in [3.05, 3.63) is 65.4 Å². The van der Waals surface area contributed by atoms with Gasteiger partial charge in [-0.1, -0.05) is 42.8 Å². The van der Waals surface area contributed by atoms with E-state index in [1.54, 1.807) is 24.3 Å². The van der Waals surface area contributed by atoms with Crippen molar-refractivity contribution >= 4 is 26.7 Å². The molecule has 7 heteroatoms. The topological polar surface area (TPSA) is 79.6 Å². The lowest BCUT2D eigenvalue weighted by Gasteiger charge is -2.45. The monoisotopic (exact) mass is 438 g/mol. The number of rotatable bonds is 3. The predicted octanol–water partition coefficient (Wildman–Crippen LogP) is 3.20. The fraction of sp³-hybridized carbons (Fsp3) is 0.375. The molecule has 2 aromatic carbocycles. The van der Waals surface area contributed by atoms with Gasteiger partial charge in [-0.25, -0.2) is 12.4 Å². The van der Waals surface area contributed by atoms with Crippen LogP contribution in [0.2, 0.25) is 0 Å². The zero-order valence-corrected chi connectivity index (χ0v) is 18.5. The molecule has 162 valence electrons. The maximum Gasteiger partial charge on any atom is 0.268 e. The van der Waals surface area contributed by atoms with Gasteiger partial charge in [-0.15, -0.1) is 0 Å². The van der Waals surface area contributed by atoms with E-state index in [9.17, 15) is 18.3 Å². The molecule has 2 unspecified atom stereocenters. The molecule has 3 heterocycles. The lowest BCUT2D eigenvalue weighted by molar-refractivity contribution is -0.149. The van der Waals surface area contributed by atoms with E-state index in [0.29, 0.717) is 30.6 Å². The van der Waals surface area contributed by atoms with Crippen molar-refractivity contribution in [3.8, 4) is 0 Å². The van der Waals surface area contributed by atoms with Crippen molar-refractivity contribution in [2.24, 2.45) is 0 Å². The van der Waals surface area contributed by atoms with Gasteiger partial charge in [-0.05, 0) is 43.5 Å². The highest BCUT2D eigenvalue weighted by Crippen LogP contribution is 2.44. The molecule has 31 heavy (non-hydrogen) atoms. The summed E-state index contributed by atoms with van der Waals surface area (Å²) in [4.78, 5) is 15.2. The van der Waals surface area contributed by atoms with Crippen molar-refractivity contribution in [3.63, 3.8) is 0 Å². The first-order chi connectivity index (χ1) is 14.8. The van der Waals surface area contributed by atoms with E-state index in [-0.39, 0.29) is 29.7 Å². The number of aryl methyl sites for hydroxylation is 1. The van der Waals surface area contributed by atoms with E-state index in [1.165, 1.54) is 3.97 Å². The van der Waals surface area contributed by atoms with E-state index in [1.807, 2.05) is 38.1 Å². The SMILES string of the molecule is CCC1(O)CN2CCc3c(n(S(=O)(=O)c4ccc(C)cc4)c4ccccc34)C2CC1=O. The van der Waals surface area contributed by atoms with Crippen LogP contribution in [0.15, 0.2) is 53.4 Å². The molecule has 0 radical (unpaired) electrons. The second kappa shape index (κ2) is 7.02. The fourth-order valence-corrected chi connectivity index (χ4v) is 6.67. The normalized spacial score (nSPS) is 24.2. The Bertz CT molecular complexity index is 1290. The van der Waals surface area contributed by atoms with Crippen molar-refractivity contribution in [2.45, 2.75) is 49.6 Å². The molecule has 0 aliphatic carbocycles. The Labute approximate surface area is 182 Å². The number of nitrogens with zero attached hydrogens (tertiary/aromatic N) is 2. The first-order valence-corrected chi connectivity index (χ1v) is 12.1. The summed E-state index contributed by atoms with van der Waals surface area (Å²) in [5.74, 6) is -0.214. The third-order valence-corrected chi connectivity index (χ3v) is 8.63. The zero-order chi connectivity index (χ0) is 22.0. The number of aromatic nitrogens is 1. The van der Waals surface area contributed by atoms with Crippen LogP contribution in [-0.4, -0.2) is 46.9 Å². The molecule has 5 rings (SSSR count). The average Bonchev–Trinajstić information content (AvgIpc) is 3.10. The summed E-state index contributed by atoms with van der Waals surface area (Å²) in [6, 6.07) is 14.0. The summed E-state index contributed by atoms with van der Waals surface area (Å²) in [6.07, 6.45) is 1.14. The molecule has 1 saturated heterocycles. The molecular formula is C24H26N2O4S. The number of hydrogen-bond donors (Lipinski definition) is 1. The molecule has 0 spiro atoms. The van der Waals surface area contributed by atoms with Crippen LogP contribution in [0, 0.1) is 6.92 Å². The van der Waals surface area contributed by atoms with Gasteiger partial charge in [0.25, 0.3) is 10.0 Å². The molecular weight excluding hydrogens is 412 g/mol. The minimum atomic E-state index is -3.87. The lowest BCUT2D eigenvalue weighted by Crippen LogP contribution is -2.57. The van der Waals surface area contributed by atoms with Crippen LogP contribution in [0.25, 0.3) is 10.9 Å². The molecule has 0 bridgehead atoms. The van der Waals surface area contributed by atoms with Crippen molar-refractivity contribution in [2.75, 3.05) is 13.1 Å². The molecule has 1 aromatic heterocycles. The third-order valence-electron chi connectivity index (χ3n) is 6.89. The van der Waals surface area contributed by atoms with Gasteiger partial charge in [0.05, 0.1) is 22.1 Å². The highest BCUT2D eigenvalue weighted by molar-refractivity contribution is 7.90. The first-order valence-electron chi connectivity index (χ1n) is 10.7. The van der Waals surface area contributed by atoms with Crippen LogP contribution < -0.4 is 0 Å². The molecule has 2 aliphatic rings. The number of Topliss-reactive ketones (excluding diaryl/α,β-unsaturated/α-hetero) is 1. The van der Waals surface area contributed by atoms with Gasteiger partial charge in [-0.3, -0.25) is 9.69 Å². The Morgan fingerprint density at radius 1 is 1.13 bits per heavy atom. The Morgan fingerprint density at radius 2 is 1.84 bits per heavy atom. The minimum Gasteiger partial charge on any atom is -0.381 e. The summed E-state index contributed by atoms with van der Waals surface area (Å²) in [5, 5.41) is 11.7. The zero-order valence-electron chi connectivity index (χ0n) is 17.7. The predicted molar refractivity (Wildman–Crippen MR) is 119 cm³/mol. The van der Waals surface area contributed by atoms with E-state index in [2.05, 4.69) is 4.90 Å². The standard InChI is InChI=1S/C24H26N2O4S/c1-3-24(28)15-25-13-12-19-18-6-4-5-7-20(18)26(23(19)21(25)14-22(24)27)31(29,30)17-10-8-16(2)9-11-17/h4-11,21,28H,3,12-15H2,1-2H3. The number of carbonyl (C=O) groups excluding carboxylic acids is 1. The number of aliphatic hydroxyl groups is 1. The van der Waals surface area contributed by atoms with Crippen LogP contribution in [0.3, 0.4) is 0 Å². The molecule has 3 aromatic rings. The van der Waals surface area contributed by atoms with E-state index in [0.717, 1.165) is 16.5 Å². The van der Waals surface area contributed by atoms with Crippen LogP contribution in [0.1, 0.15) is 42.6 Å². The van der Waals surface area contributed by atoms with Crippen molar-refractivity contribution in [1.82, 2.24) is 8.87 Å². The summed E-state index contributed by atoms with van der Waals surface area (Å²) in [5.41, 5.74) is 1.92. The molecule has 1 N–H and O–H groups in total. The Balaban J connectivity index is 1.75. The van der Waals surface area contributed by atoms with Gasteiger partial charge in [0.15, 0.2) is 5.78 Å². The van der Waals surface area contributed by atoms with Gasteiger partial charge < -0.3 is 5.11 Å². The molecule has 2 aliphatic heterocycles. The third kappa shape index (κ3) is 2.98. The first kappa shape index (κ1) is 20.4. The number of ketones is 1. The van der Waals surface area contributed by atoms with Crippen LogP contribution >= 0.6 is 0 Å². The summed E-state index contributed by atoms with van der Waals surface area (Å²) in [7, 11) is -3.87. The maximum absolute atomic E-state index is 13.8.